The van der Waals surface area contributed by atoms with E-state index in [2.05, 4.69) is 81.6 Å². The zero-order chi connectivity index (χ0) is 19.9. The number of aryl methyl sites for hydroxylation is 1. The summed E-state index contributed by atoms with van der Waals surface area (Å²) in [6, 6.07) is 8.76. The van der Waals surface area contributed by atoms with Gasteiger partial charge in [0.2, 0.25) is 0 Å². The van der Waals surface area contributed by atoms with E-state index in [9.17, 15) is 0 Å². The van der Waals surface area contributed by atoms with Crippen molar-refractivity contribution in [1.82, 2.24) is 15.5 Å². The molecule has 0 aromatic heterocycles. The Labute approximate surface area is 165 Å². The molecule has 0 aliphatic carbocycles. The van der Waals surface area contributed by atoms with Crippen LogP contribution in [0.25, 0.3) is 0 Å². The van der Waals surface area contributed by atoms with Crippen molar-refractivity contribution in [1.29, 1.82) is 0 Å². The van der Waals surface area contributed by atoms with Crippen LogP contribution in [0.2, 0.25) is 0 Å². The third-order valence-electron chi connectivity index (χ3n) is 5.56. The van der Waals surface area contributed by atoms with Gasteiger partial charge in [0.15, 0.2) is 5.96 Å². The number of benzene rings is 1. The summed E-state index contributed by atoms with van der Waals surface area (Å²) in [4.78, 5) is 7.02. The second-order valence-corrected chi connectivity index (χ2v) is 8.39. The van der Waals surface area contributed by atoms with E-state index < -0.39 is 0 Å². The molecule has 1 aliphatic rings. The van der Waals surface area contributed by atoms with Crippen LogP contribution in [-0.2, 0) is 4.74 Å². The van der Waals surface area contributed by atoms with Gasteiger partial charge in [-0.05, 0) is 60.2 Å². The highest BCUT2D eigenvalue weighted by atomic mass is 16.5. The maximum atomic E-state index is 6.15. The van der Waals surface area contributed by atoms with E-state index in [4.69, 9.17) is 9.73 Å². The van der Waals surface area contributed by atoms with Crippen molar-refractivity contribution in [3.05, 3.63) is 35.4 Å². The lowest BCUT2D eigenvalue weighted by molar-refractivity contribution is -0.0265. The van der Waals surface area contributed by atoms with Crippen LogP contribution in [0, 0.1) is 12.8 Å². The minimum Gasteiger partial charge on any atom is -0.373 e. The molecule has 0 amide bonds. The topological polar surface area (TPSA) is 48.9 Å². The van der Waals surface area contributed by atoms with Crippen LogP contribution in [0.15, 0.2) is 29.3 Å². The monoisotopic (exact) mass is 374 g/mol. The Balaban J connectivity index is 2.02. The Hall–Kier alpha value is -1.59. The molecule has 5 heteroatoms. The highest BCUT2D eigenvalue weighted by molar-refractivity contribution is 5.79. The minimum absolute atomic E-state index is 0.0285. The van der Waals surface area contributed by atoms with Gasteiger partial charge in [-0.3, -0.25) is 4.99 Å². The first-order valence-electron chi connectivity index (χ1n) is 10.2. The van der Waals surface area contributed by atoms with Crippen LogP contribution in [0.5, 0.6) is 0 Å². The quantitative estimate of drug-likeness (QED) is 0.568. The first kappa shape index (κ1) is 21.7. The van der Waals surface area contributed by atoms with Gasteiger partial charge in [-0.15, -0.1) is 0 Å². The zero-order valence-electron chi connectivity index (χ0n) is 18.0. The summed E-state index contributed by atoms with van der Waals surface area (Å²) in [6.07, 6.45) is 2.46. The Kier molecular flexibility index (Phi) is 8.11. The van der Waals surface area contributed by atoms with E-state index in [-0.39, 0.29) is 11.6 Å². The van der Waals surface area contributed by atoms with Gasteiger partial charge in [0.25, 0.3) is 0 Å². The van der Waals surface area contributed by atoms with Crippen molar-refractivity contribution in [2.24, 2.45) is 10.9 Å². The average Bonchev–Trinajstić information content (AvgIpc) is 2.65. The molecule has 2 unspecified atom stereocenters. The molecule has 1 aromatic carbocycles. The molecule has 152 valence electrons. The summed E-state index contributed by atoms with van der Waals surface area (Å²) in [6.45, 7) is 12.0. The summed E-state index contributed by atoms with van der Waals surface area (Å²) in [5.41, 5.74) is 2.60. The van der Waals surface area contributed by atoms with Crippen LogP contribution in [0.3, 0.4) is 0 Å². The highest BCUT2D eigenvalue weighted by Crippen LogP contribution is 2.33. The Morgan fingerprint density at radius 2 is 1.93 bits per heavy atom. The predicted molar refractivity (Wildman–Crippen MR) is 114 cm³/mol. The van der Waals surface area contributed by atoms with Crippen molar-refractivity contribution in [3.8, 4) is 0 Å². The minimum atomic E-state index is 0.0285. The maximum absolute atomic E-state index is 6.15. The van der Waals surface area contributed by atoms with E-state index in [1.54, 1.807) is 0 Å². The molecule has 2 N–H and O–H groups in total. The number of hydrogen-bond acceptors (Lipinski definition) is 3. The summed E-state index contributed by atoms with van der Waals surface area (Å²) in [5, 5.41) is 6.93. The van der Waals surface area contributed by atoms with Gasteiger partial charge in [0.1, 0.15) is 0 Å². The number of likely N-dealkylation sites (N-methyl/N-ethyl adjacent to an activating group) is 1. The number of nitrogens with one attached hydrogen (secondary N) is 2. The summed E-state index contributed by atoms with van der Waals surface area (Å²) >= 11 is 0. The molecule has 1 fully saturated rings. The van der Waals surface area contributed by atoms with E-state index >= 15 is 0 Å². The Morgan fingerprint density at radius 3 is 2.56 bits per heavy atom. The van der Waals surface area contributed by atoms with Crippen molar-refractivity contribution in [3.63, 3.8) is 0 Å². The molecule has 1 saturated heterocycles. The Bertz CT molecular complexity index is 595. The maximum Gasteiger partial charge on any atom is 0.191 e. The molecular formula is C22H38N4O. The van der Waals surface area contributed by atoms with Crippen molar-refractivity contribution in [2.75, 3.05) is 40.3 Å². The lowest BCUT2D eigenvalue weighted by atomic mass is 9.89. The molecule has 5 nitrogen and oxygen atoms in total. The first-order valence-corrected chi connectivity index (χ1v) is 10.2. The number of aliphatic imine (C=N–C) groups is 1. The fourth-order valence-corrected chi connectivity index (χ4v) is 3.16. The van der Waals surface area contributed by atoms with Crippen LogP contribution < -0.4 is 10.6 Å². The lowest BCUT2D eigenvalue weighted by Gasteiger charge is -2.33. The fourth-order valence-electron chi connectivity index (χ4n) is 3.16. The molecule has 1 aromatic rings. The number of rotatable bonds is 7. The van der Waals surface area contributed by atoms with Gasteiger partial charge in [-0.2, -0.15) is 0 Å². The molecule has 2 rings (SSSR count). The van der Waals surface area contributed by atoms with E-state index in [1.807, 2.05) is 0 Å². The van der Waals surface area contributed by atoms with Gasteiger partial charge in [-0.1, -0.05) is 29.8 Å². The average molecular weight is 375 g/mol. The lowest BCUT2D eigenvalue weighted by Crippen LogP contribution is -2.45. The largest absolute Gasteiger partial charge is 0.373 e. The SMILES string of the molecule is CCNC(=NCC(C)(C)N(C)C)NCC1CCCOC1c1ccc(C)cc1. The Morgan fingerprint density at radius 1 is 1.22 bits per heavy atom. The molecule has 1 heterocycles. The molecular weight excluding hydrogens is 336 g/mol. The molecule has 27 heavy (non-hydrogen) atoms. The molecule has 2 atom stereocenters. The van der Waals surface area contributed by atoms with Gasteiger partial charge in [0, 0.05) is 31.2 Å². The molecule has 0 bridgehead atoms. The van der Waals surface area contributed by atoms with Crippen LogP contribution >= 0.6 is 0 Å². The number of nitrogens with zero attached hydrogens (tertiary/aromatic N) is 2. The molecule has 1 aliphatic heterocycles. The fraction of sp³-hybridized carbons (Fsp3) is 0.682. The van der Waals surface area contributed by atoms with Crippen molar-refractivity contribution < 1.29 is 4.74 Å². The number of ether oxygens (including phenoxy) is 1. The smallest absolute Gasteiger partial charge is 0.191 e. The first-order chi connectivity index (χ1) is 12.8. The second kappa shape index (κ2) is 10.1. The van der Waals surface area contributed by atoms with E-state index in [0.29, 0.717) is 5.92 Å². The third kappa shape index (κ3) is 6.51. The van der Waals surface area contributed by atoms with Crippen LogP contribution in [0.4, 0.5) is 0 Å². The predicted octanol–water partition coefficient (Wildman–Crippen LogP) is 3.36. The van der Waals surface area contributed by atoms with Gasteiger partial charge in [0.05, 0.1) is 12.6 Å². The van der Waals surface area contributed by atoms with Gasteiger partial charge in [-0.25, -0.2) is 0 Å². The normalized spacial score (nSPS) is 21.4. The van der Waals surface area contributed by atoms with Gasteiger partial charge < -0.3 is 20.3 Å². The van der Waals surface area contributed by atoms with Crippen molar-refractivity contribution in [2.45, 2.75) is 52.2 Å². The van der Waals surface area contributed by atoms with Crippen LogP contribution in [0.1, 0.15) is 50.8 Å². The number of guanidine groups is 1. The molecule has 0 radical (unpaired) electrons. The molecule has 0 spiro atoms. The zero-order valence-corrected chi connectivity index (χ0v) is 18.0. The van der Waals surface area contributed by atoms with Crippen LogP contribution in [-0.4, -0.2) is 56.7 Å². The van der Waals surface area contributed by atoms with Gasteiger partial charge >= 0.3 is 0 Å². The summed E-state index contributed by atoms with van der Waals surface area (Å²) in [5.74, 6) is 1.34. The van der Waals surface area contributed by atoms with Crippen molar-refractivity contribution >= 4 is 5.96 Å². The summed E-state index contributed by atoms with van der Waals surface area (Å²) in [7, 11) is 4.20. The third-order valence-corrected chi connectivity index (χ3v) is 5.56. The summed E-state index contributed by atoms with van der Waals surface area (Å²) < 4.78 is 6.15. The van der Waals surface area contributed by atoms with E-state index in [1.165, 1.54) is 17.5 Å². The highest BCUT2D eigenvalue weighted by Gasteiger charge is 2.27. The second-order valence-electron chi connectivity index (χ2n) is 8.39. The molecule has 0 saturated carbocycles. The standard InChI is InChI=1S/C22H38N4O/c1-7-23-21(25-16-22(3,4)26(5)6)24-15-19-9-8-14-27-20(19)18-12-10-17(2)11-13-18/h10-13,19-20H,7-9,14-16H2,1-6H3,(H2,23,24,25). The number of hydrogen-bond donors (Lipinski definition) is 2. The van der Waals surface area contributed by atoms with E-state index in [0.717, 1.165) is 38.6 Å².